The van der Waals surface area contributed by atoms with Crippen molar-refractivity contribution in [2.24, 2.45) is 0 Å². The molecule has 0 bridgehead atoms. The number of alkyl halides is 2. The molecule has 0 radical (unpaired) electrons. The third kappa shape index (κ3) is 4.02. The Bertz CT molecular complexity index is 1130. The molecular formula is C21H17F3N5Na. The molecule has 1 aromatic carbocycles. The molecule has 3 aromatic rings. The van der Waals surface area contributed by atoms with Crippen LogP contribution in [0.25, 0.3) is 11.0 Å². The molecule has 9 heteroatoms. The Kier molecular flexibility index (Phi) is 6.37. The van der Waals surface area contributed by atoms with E-state index >= 15 is 0 Å². The fourth-order valence-corrected chi connectivity index (χ4v) is 3.22. The fourth-order valence-electron chi connectivity index (χ4n) is 3.22. The van der Waals surface area contributed by atoms with Crippen LogP contribution in [0, 0.1) is 23.3 Å². The van der Waals surface area contributed by atoms with Crippen molar-refractivity contribution in [1.82, 2.24) is 15.0 Å². The molecule has 5 nitrogen and oxygen atoms in total. The Hall–Kier alpha value is -2.21. The first-order valence-corrected chi connectivity index (χ1v) is 9.25. The van der Waals surface area contributed by atoms with Gasteiger partial charge in [-0.2, -0.15) is 11.3 Å². The number of aromatic nitrogens is 3. The summed E-state index contributed by atoms with van der Waals surface area (Å²) in [6.45, 7) is 1.27. The summed E-state index contributed by atoms with van der Waals surface area (Å²) >= 11 is 0. The Balaban J connectivity index is 0.00000256. The third-order valence-electron chi connectivity index (χ3n) is 5.28. The van der Waals surface area contributed by atoms with E-state index in [1.165, 1.54) is 25.4 Å². The first-order valence-electron chi connectivity index (χ1n) is 9.25. The monoisotopic (exact) mass is 419 g/mol. The van der Waals surface area contributed by atoms with E-state index in [0.717, 1.165) is 18.9 Å². The van der Waals surface area contributed by atoms with Gasteiger partial charge in [0.05, 0.1) is 22.7 Å². The van der Waals surface area contributed by atoms with Crippen LogP contribution in [-0.4, -0.2) is 15.0 Å². The van der Waals surface area contributed by atoms with E-state index in [0.29, 0.717) is 22.4 Å². The van der Waals surface area contributed by atoms with Crippen LogP contribution in [0.3, 0.4) is 0 Å². The Morgan fingerprint density at radius 2 is 2.07 bits per heavy atom. The number of fused-ring (bicyclic) bond motifs is 1. The Labute approximate surface area is 194 Å². The fraction of sp³-hybridized carbons (Fsp3) is 0.333. The van der Waals surface area contributed by atoms with Gasteiger partial charge in [-0.15, -0.1) is 5.56 Å². The molecule has 0 saturated heterocycles. The van der Waals surface area contributed by atoms with Crippen molar-refractivity contribution in [1.29, 1.82) is 5.26 Å². The van der Waals surface area contributed by atoms with Gasteiger partial charge in [-0.3, -0.25) is 4.98 Å². The van der Waals surface area contributed by atoms with Gasteiger partial charge in [0, 0.05) is 18.5 Å². The van der Waals surface area contributed by atoms with E-state index in [4.69, 9.17) is 0 Å². The zero-order valence-electron chi connectivity index (χ0n) is 16.6. The molecule has 0 aliphatic heterocycles. The zero-order chi connectivity index (χ0) is 20.6. The standard InChI is InChI=1S/C21H17F3N5.Na/c1-2-21(23,24)16-5-3-4-13(17(16)22)9-26-18-15-8-14(20(11-25)6-7-20)10-27-19(15)29-12-28-18;/h3-5,8,12H,2,6-7,9H2,1H3,(H,26,27,28,29);/q-1;+1. The summed E-state index contributed by atoms with van der Waals surface area (Å²) in [5.74, 6) is -3.77. The van der Waals surface area contributed by atoms with Crippen LogP contribution in [0.15, 0.2) is 30.6 Å². The van der Waals surface area contributed by atoms with E-state index in [2.05, 4.69) is 32.5 Å². The van der Waals surface area contributed by atoms with Crippen molar-refractivity contribution >= 4 is 16.9 Å². The minimum atomic E-state index is -3.23. The second-order valence-corrected chi connectivity index (χ2v) is 7.13. The molecule has 2 heterocycles. The van der Waals surface area contributed by atoms with Gasteiger partial charge < -0.3 is 10.3 Å². The van der Waals surface area contributed by atoms with E-state index in [9.17, 15) is 18.4 Å². The third-order valence-corrected chi connectivity index (χ3v) is 5.28. The number of hydrogen-bond acceptors (Lipinski definition) is 5. The molecule has 0 atom stereocenters. The molecule has 0 spiro atoms. The number of anilines is 1. The molecule has 1 fully saturated rings. The van der Waals surface area contributed by atoms with E-state index in [-0.39, 0.29) is 41.7 Å². The Morgan fingerprint density at radius 3 is 2.73 bits per heavy atom. The minimum Gasteiger partial charge on any atom is -0.369 e. The van der Waals surface area contributed by atoms with E-state index < -0.39 is 29.1 Å². The number of nitrogens with zero attached hydrogens (tertiary/aromatic N) is 4. The molecular weight excluding hydrogens is 402 g/mol. The average molecular weight is 419 g/mol. The van der Waals surface area contributed by atoms with Crippen LogP contribution >= 0.6 is 0 Å². The van der Waals surface area contributed by atoms with Crippen LogP contribution in [0.1, 0.15) is 42.9 Å². The summed E-state index contributed by atoms with van der Waals surface area (Å²) in [7, 11) is 0. The van der Waals surface area contributed by atoms with Gasteiger partial charge in [0.15, 0.2) is 0 Å². The minimum absolute atomic E-state index is 0. The van der Waals surface area contributed by atoms with Gasteiger partial charge in [0.1, 0.15) is 18.0 Å². The number of rotatable bonds is 6. The van der Waals surface area contributed by atoms with Crippen LogP contribution in [0.5, 0.6) is 0 Å². The predicted octanol–water partition coefficient (Wildman–Crippen LogP) is 1.64. The quantitative estimate of drug-likeness (QED) is 0.486. The summed E-state index contributed by atoms with van der Waals surface area (Å²) in [6.07, 6.45) is 5.18. The summed E-state index contributed by atoms with van der Waals surface area (Å²) in [5.41, 5.74) is -0.0304. The van der Waals surface area contributed by atoms with Crippen molar-refractivity contribution < 1.29 is 42.7 Å². The van der Waals surface area contributed by atoms with Crippen LogP contribution < -0.4 is 34.9 Å². The summed E-state index contributed by atoms with van der Waals surface area (Å²) < 4.78 is 42.6. The van der Waals surface area contributed by atoms with E-state index in [1.54, 1.807) is 6.07 Å². The number of nitriles is 1. The van der Waals surface area contributed by atoms with Crippen molar-refractivity contribution in [3.8, 4) is 6.07 Å². The maximum atomic E-state index is 14.6. The zero-order valence-corrected chi connectivity index (χ0v) is 18.6. The van der Waals surface area contributed by atoms with E-state index in [1.807, 2.05) is 0 Å². The molecule has 1 saturated carbocycles. The van der Waals surface area contributed by atoms with Gasteiger partial charge in [0.2, 0.25) is 0 Å². The Morgan fingerprint density at radius 1 is 1.30 bits per heavy atom. The first-order chi connectivity index (χ1) is 13.9. The van der Waals surface area contributed by atoms with Gasteiger partial charge in [-0.1, -0.05) is 31.3 Å². The summed E-state index contributed by atoms with van der Waals surface area (Å²) in [5, 5.41) is 13.0. The van der Waals surface area contributed by atoms with Gasteiger partial charge in [-0.05, 0) is 18.2 Å². The SMILES string of the molecule is CCC(F)(F)c1cccc(CNc2ncnc3n[c-]c(C4(C#N)CC4)cc23)c1F.[Na+]. The normalized spacial score (nSPS) is 14.6. The average Bonchev–Trinajstić information content (AvgIpc) is 3.54. The number of hydrogen-bond donors (Lipinski definition) is 1. The molecule has 4 rings (SSSR count). The number of pyridine rings is 1. The van der Waals surface area contributed by atoms with Gasteiger partial charge in [-0.25, -0.2) is 18.2 Å². The molecule has 0 unspecified atom stereocenters. The molecule has 1 aliphatic rings. The van der Waals surface area contributed by atoms with Crippen molar-refractivity contribution in [3.63, 3.8) is 0 Å². The van der Waals surface area contributed by atoms with Gasteiger partial charge in [0.25, 0.3) is 5.92 Å². The van der Waals surface area contributed by atoms with Crippen LogP contribution in [-0.2, 0) is 17.9 Å². The summed E-state index contributed by atoms with van der Waals surface area (Å²) in [6, 6.07) is 8.02. The first kappa shape index (κ1) is 22.5. The van der Waals surface area contributed by atoms with Gasteiger partial charge >= 0.3 is 29.6 Å². The topological polar surface area (TPSA) is 74.5 Å². The second kappa shape index (κ2) is 8.50. The number of halogens is 3. The van der Waals surface area contributed by atoms with Crippen molar-refractivity contribution in [3.05, 3.63) is 59.3 Å². The van der Waals surface area contributed by atoms with Crippen molar-refractivity contribution in [2.45, 2.75) is 44.1 Å². The number of nitrogens with one attached hydrogen (secondary N) is 1. The largest absolute Gasteiger partial charge is 1.00 e. The predicted molar refractivity (Wildman–Crippen MR) is 101 cm³/mol. The van der Waals surface area contributed by atoms with Crippen LogP contribution in [0.2, 0.25) is 0 Å². The van der Waals surface area contributed by atoms with Crippen molar-refractivity contribution in [2.75, 3.05) is 5.32 Å². The number of benzene rings is 1. The van der Waals surface area contributed by atoms with Crippen LogP contribution in [0.4, 0.5) is 19.0 Å². The maximum Gasteiger partial charge on any atom is 1.00 e. The smallest absolute Gasteiger partial charge is 0.369 e. The summed E-state index contributed by atoms with van der Waals surface area (Å²) in [4.78, 5) is 12.5. The molecule has 1 N–H and O–H groups in total. The molecule has 1 aliphatic carbocycles. The molecule has 0 amide bonds. The molecule has 30 heavy (non-hydrogen) atoms. The molecule has 148 valence electrons. The maximum absolute atomic E-state index is 14.6. The second-order valence-electron chi connectivity index (χ2n) is 7.13. The molecule has 2 aromatic heterocycles.